The second-order valence-electron chi connectivity index (χ2n) is 7.96. The van der Waals surface area contributed by atoms with Crippen molar-refractivity contribution < 1.29 is 14.3 Å². The average Bonchev–Trinajstić information content (AvgIpc) is 2.77. The summed E-state index contributed by atoms with van der Waals surface area (Å²) >= 11 is 0. The van der Waals surface area contributed by atoms with Crippen LogP contribution in [-0.2, 0) is 20.7 Å². The molecular formula is C22H30N4O3. The lowest BCUT2D eigenvalue weighted by atomic mass is 9.83. The number of nitrogens with one attached hydrogen (secondary N) is 1. The van der Waals surface area contributed by atoms with Crippen LogP contribution in [0.1, 0.15) is 5.56 Å². The second-order valence-corrected chi connectivity index (χ2v) is 7.96. The van der Waals surface area contributed by atoms with E-state index in [9.17, 15) is 9.59 Å². The Morgan fingerprint density at radius 3 is 2.76 bits per heavy atom. The first-order valence-electron chi connectivity index (χ1n) is 10.5. The van der Waals surface area contributed by atoms with Crippen LogP contribution in [0.2, 0.25) is 0 Å². The van der Waals surface area contributed by atoms with Gasteiger partial charge in [-0.15, -0.1) is 6.58 Å². The summed E-state index contributed by atoms with van der Waals surface area (Å²) in [4.78, 5) is 32.1. The van der Waals surface area contributed by atoms with Gasteiger partial charge >= 0.3 is 0 Å². The van der Waals surface area contributed by atoms with E-state index in [0.717, 1.165) is 26.1 Å². The minimum absolute atomic E-state index is 0.0655. The quantitative estimate of drug-likeness (QED) is 0.733. The number of benzene rings is 1. The molecule has 156 valence electrons. The van der Waals surface area contributed by atoms with Gasteiger partial charge in [0.2, 0.25) is 11.8 Å². The maximum Gasteiger partial charge on any atom is 0.236 e. The molecule has 1 N–H and O–H groups in total. The Labute approximate surface area is 172 Å². The Hall–Kier alpha value is -2.38. The standard InChI is InChI=1S/C22H30N4O3/c1-2-7-23-22(28)18-14-17-5-3-4-6-19(17)26-9-8-24(15-20(18)26)16-21(27)25-10-12-29-13-11-25/h2-6,18,20H,1,7-16H2,(H,23,28)/t18-,20+/m1/s1. The molecule has 2 amide bonds. The highest BCUT2D eigenvalue weighted by atomic mass is 16.5. The monoisotopic (exact) mass is 398 g/mol. The van der Waals surface area contributed by atoms with E-state index in [0.29, 0.717) is 39.4 Å². The van der Waals surface area contributed by atoms with Gasteiger partial charge in [0.25, 0.3) is 0 Å². The zero-order valence-electron chi connectivity index (χ0n) is 16.9. The number of hydrogen-bond donors (Lipinski definition) is 1. The van der Waals surface area contributed by atoms with Crippen molar-refractivity contribution in [3.8, 4) is 0 Å². The molecule has 7 heteroatoms. The van der Waals surface area contributed by atoms with Crippen LogP contribution in [0.15, 0.2) is 36.9 Å². The molecule has 2 saturated heterocycles. The highest BCUT2D eigenvalue weighted by Gasteiger charge is 2.41. The first-order chi connectivity index (χ1) is 14.2. The number of carbonyl (C=O) groups excluding carboxylic acids is 2. The Morgan fingerprint density at radius 2 is 1.97 bits per heavy atom. The number of anilines is 1. The molecule has 7 nitrogen and oxygen atoms in total. The van der Waals surface area contributed by atoms with Gasteiger partial charge in [0.05, 0.1) is 31.7 Å². The van der Waals surface area contributed by atoms with Crippen LogP contribution in [0.3, 0.4) is 0 Å². The zero-order chi connectivity index (χ0) is 20.2. The van der Waals surface area contributed by atoms with Crippen LogP contribution >= 0.6 is 0 Å². The minimum atomic E-state index is -0.133. The fraction of sp³-hybridized carbons (Fsp3) is 0.545. The van der Waals surface area contributed by atoms with E-state index < -0.39 is 0 Å². The molecule has 3 aliphatic rings. The van der Waals surface area contributed by atoms with E-state index >= 15 is 0 Å². The molecule has 3 aliphatic heterocycles. The van der Waals surface area contributed by atoms with E-state index in [1.54, 1.807) is 6.08 Å². The van der Waals surface area contributed by atoms with E-state index in [1.165, 1.54) is 11.3 Å². The van der Waals surface area contributed by atoms with Crippen molar-refractivity contribution >= 4 is 17.5 Å². The van der Waals surface area contributed by atoms with E-state index in [2.05, 4.69) is 39.9 Å². The molecule has 2 fully saturated rings. The van der Waals surface area contributed by atoms with Gasteiger partial charge in [-0.2, -0.15) is 0 Å². The van der Waals surface area contributed by atoms with Gasteiger partial charge in [-0.25, -0.2) is 0 Å². The number of amides is 2. The molecular weight excluding hydrogens is 368 g/mol. The average molecular weight is 399 g/mol. The summed E-state index contributed by atoms with van der Waals surface area (Å²) < 4.78 is 5.35. The maximum atomic E-state index is 12.9. The van der Waals surface area contributed by atoms with Crippen molar-refractivity contribution in [1.29, 1.82) is 0 Å². The maximum absolute atomic E-state index is 12.9. The Balaban J connectivity index is 1.49. The summed E-state index contributed by atoms with van der Waals surface area (Å²) in [6.07, 6.45) is 2.44. The number of hydrogen-bond acceptors (Lipinski definition) is 5. The van der Waals surface area contributed by atoms with Crippen molar-refractivity contribution in [2.45, 2.75) is 12.5 Å². The molecule has 0 bridgehead atoms. The van der Waals surface area contributed by atoms with Crippen LogP contribution in [0.4, 0.5) is 5.69 Å². The normalized spacial score (nSPS) is 24.4. The lowest BCUT2D eigenvalue weighted by molar-refractivity contribution is -0.136. The van der Waals surface area contributed by atoms with Gasteiger partial charge in [0, 0.05) is 45.0 Å². The number of nitrogens with zero attached hydrogens (tertiary/aromatic N) is 3. The summed E-state index contributed by atoms with van der Waals surface area (Å²) in [6, 6.07) is 8.43. The van der Waals surface area contributed by atoms with Crippen LogP contribution in [0, 0.1) is 5.92 Å². The van der Waals surface area contributed by atoms with Gasteiger partial charge < -0.3 is 19.9 Å². The van der Waals surface area contributed by atoms with Crippen molar-refractivity contribution in [3.05, 3.63) is 42.5 Å². The fourth-order valence-electron chi connectivity index (χ4n) is 4.67. The van der Waals surface area contributed by atoms with Crippen molar-refractivity contribution in [2.75, 3.05) is 63.9 Å². The molecule has 4 rings (SSSR count). The fourth-order valence-corrected chi connectivity index (χ4v) is 4.67. The van der Waals surface area contributed by atoms with E-state index in [1.807, 2.05) is 11.0 Å². The second kappa shape index (κ2) is 8.97. The molecule has 0 spiro atoms. The SMILES string of the molecule is C=CCNC(=O)[C@@H]1Cc2ccccc2N2CCN(CC(=O)N3CCOCC3)C[C@@H]12. The first kappa shape index (κ1) is 19.9. The smallest absolute Gasteiger partial charge is 0.236 e. The van der Waals surface area contributed by atoms with E-state index in [-0.39, 0.29) is 23.8 Å². The largest absolute Gasteiger partial charge is 0.378 e. The van der Waals surface area contributed by atoms with Gasteiger partial charge in [-0.3, -0.25) is 14.5 Å². The summed E-state index contributed by atoms with van der Waals surface area (Å²) in [7, 11) is 0. The molecule has 3 heterocycles. The number of para-hydroxylation sites is 1. The Kier molecular flexibility index (Phi) is 6.16. The topological polar surface area (TPSA) is 65.1 Å². The van der Waals surface area contributed by atoms with Gasteiger partial charge in [-0.05, 0) is 18.1 Å². The first-order valence-corrected chi connectivity index (χ1v) is 10.5. The predicted molar refractivity (Wildman–Crippen MR) is 112 cm³/mol. The third kappa shape index (κ3) is 4.31. The minimum Gasteiger partial charge on any atom is -0.378 e. The summed E-state index contributed by atoms with van der Waals surface area (Å²) in [5.74, 6) is 0.0903. The molecule has 0 aromatic heterocycles. The molecule has 1 aromatic rings. The Bertz CT molecular complexity index is 762. The van der Waals surface area contributed by atoms with Crippen LogP contribution in [0.5, 0.6) is 0 Å². The number of fused-ring (bicyclic) bond motifs is 3. The Morgan fingerprint density at radius 1 is 1.17 bits per heavy atom. The molecule has 2 atom stereocenters. The van der Waals surface area contributed by atoms with Gasteiger partial charge in [0.15, 0.2) is 0 Å². The molecule has 29 heavy (non-hydrogen) atoms. The third-order valence-corrected chi connectivity index (χ3v) is 6.19. The van der Waals surface area contributed by atoms with Crippen LogP contribution in [0.25, 0.3) is 0 Å². The van der Waals surface area contributed by atoms with Gasteiger partial charge in [-0.1, -0.05) is 24.3 Å². The van der Waals surface area contributed by atoms with E-state index in [4.69, 9.17) is 4.74 Å². The summed E-state index contributed by atoms with van der Waals surface area (Å²) in [6.45, 7) is 9.52. The lowest BCUT2D eigenvalue weighted by Crippen LogP contribution is -2.62. The highest BCUT2D eigenvalue weighted by Crippen LogP contribution is 2.35. The number of carbonyl (C=O) groups is 2. The molecule has 1 aromatic carbocycles. The molecule has 0 saturated carbocycles. The number of morpholine rings is 1. The third-order valence-electron chi connectivity index (χ3n) is 6.19. The summed E-state index contributed by atoms with van der Waals surface area (Å²) in [5, 5.41) is 2.98. The number of piperazine rings is 1. The predicted octanol–water partition coefficient (Wildman–Crippen LogP) is 0.511. The zero-order valence-corrected chi connectivity index (χ0v) is 16.9. The highest BCUT2D eigenvalue weighted by molar-refractivity contribution is 5.82. The molecule has 0 radical (unpaired) electrons. The number of rotatable bonds is 5. The number of ether oxygens (including phenoxy) is 1. The summed E-state index contributed by atoms with van der Waals surface area (Å²) in [5.41, 5.74) is 2.45. The van der Waals surface area contributed by atoms with Gasteiger partial charge in [0.1, 0.15) is 0 Å². The lowest BCUT2D eigenvalue weighted by Gasteiger charge is -2.49. The van der Waals surface area contributed by atoms with Crippen molar-refractivity contribution in [2.24, 2.45) is 5.92 Å². The van der Waals surface area contributed by atoms with Crippen molar-refractivity contribution in [1.82, 2.24) is 15.1 Å². The molecule has 0 unspecified atom stereocenters. The van der Waals surface area contributed by atoms with Crippen LogP contribution in [-0.4, -0.2) is 86.7 Å². The van der Waals surface area contributed by atoms with Crippen LogP contribution < -0.4 is 10.2 Å². The molecule has 0 aliphatic carbocycles. The van der Waals surface area contributed by atoms with Crippen molar-refractivity contribution in [3.63, 3.8) is 0 Å².